The Morgan fingerprint density at radius 2 is 1.71 bits per heavy atom. The van der Waals surface area contributed by atoms with Gasteiger partial charge in [0.15, 0.2) is 0 Å². The first-order valence-electron chi connectivity index (χ1n) is 6.92. The Bertz CT molecular complexity index is 610. The van der Waals surface area contributed by atoms with Crippen LogP contribution >= 0.6 is 15.9 Å². The number of nitrogens with zero attached hydrogens (tertiary/aromatic N) is 1. The second kappa shape index (κ2) is 6.39. The van der Waals surface area contributed by atoms with Crippen molar-refractivity contribution in [3.63, 3.8) is 0 Å². The van der Waals surface area contributed by atoms with Gasteiger partial charge in [0, 0.05) is 22.6 Å². The highest BCUT2D eigenvalue weighted by atomic mass is 79.9. The van der Waals surface area contributed by atoms with E-state index in [1.807, 2.05) is 31.2 Å². The maximum Gasteiger partial charge on any atom is 0.235 e. The van der Waals surface area contributed by atoms with Crippen LogP contribution in [0.25, 0.3) is 0 Å². The molecule has 0 aliphatic carbocycles. The predicted octanol–water partition coefficient (Wildman–Crippen LogP) is 4.40. The number of halogens is 1. The third-order valence-corrected chi connectivity index (χ3v) is 4.54. The van der Waals surface area contributed by atoms with Crippen LogP contribution in [0.4, 0.5) is 5.69 Å². The highest BCUT2D eigenvalue weighted by molar-refractivity contribution is 9.10. The number of carbonyl (C=O) groups is 1. The Morgan fingerprint density at radius 3 is 2.24 bits per heavy atom. The first-order chi connectivity index (χ1) is 9.94. The first-order valence-corrected chi connectivity index (χ1v) is 7.71. The van der Waals surface area contributed by atoms with Gasteiger partial charge in [0.25, 0.3) is 0 Å². The Kier molecular flexibility index (Phi) is 4.78. The van der Waals surface area contributed by atoms with Crippen LogP contribution in [0.2, 0.25) is 0 Å². The second-order valence-corrected chi connectivity index (χ2v) is 6.47. The van der Waals surface area contributed by atoms with E-state index in [9.17, 15) is 4.79 Å². The summed E-state index contributed by atoms with van der Waals surface area (Å²) in [5, 5.41) is 2.99. The Morgan fingerprint density at radius 1 is 1.14 bits per heavy atom. The molecule has 1 aromatic carbocycles. The van der Waals surface area contributed by atoms with Crippen molar-refractivity contribution in [1.29, 1.82) is 0 Å². The summed E-state index contributed by atoms with van der Waals surface area (Å²) in [6.45, 7) is 6.11. The van der Waals surface area contributed by atoms with Crippen LogP contribution in [-0.2, 0) is 10.2 Å². The van der Waals surface area contributed by atoms with Crippen molar-refractivity contribution in [2.24, 2.45) is 5.92 Å². The van der Waals surface area contributed by atoms with E-state index in [0.29, 0.717) is 0 Å². The summed E-state index contributed by atoms with van der Waals surface area (Å²) in [7, 11) is 0. The molecule has 110 valence electrons. The number of benzene rings is 1. The number of hydrogen-bond acceptors (Lipinski definition) is 2. The van der Waals surface area contributed by atoms with Crippen molar-refractivity contribution in [1.82, 2.24) is 4.98 Å². The maximum atomic E-state index is 12.8. The molecule has 3 nitrogen and oxygen atoms in total. The molecule has 2 aromatic rings. The largest absolute Gasteiger partial charge is 0.325 e. The highest BCUT2D eigenvalue weighted by Gasteiger charge is 2.38. The van der Waals surface area contributed by atoms with Gasteiger partial charge in [-0.15, -0.1) is 0 Å². The van der Waals surface area contributed by atoms with Crippen LogP contribution in [0.3, 0.4) is 0 Å². The molecule has 1 aromatic heterocycles. The molecular weight excluding hydrogens is 328 g/mol. The lowest BCUT2D eigenvalue weighted by atomic mass is 9.72. The predicted molar refractivity (Wildman–Crippen MR) is 89.2 cm³/mol. The van der Waals surface area contributed by atoms with Gasteiger partial charge in [-0.05, 0) is 42.7 Å². The molecule has 0 aliphatic rings. The molecule has 0 radical (unpaired) electrons. The third-order valence-electron chi connectivity index (χ3n) is 4.01. The Balaban J connectivity index is 2.33. The zero-order valence-electron chi connectivity index (χ0n) is 12.4. The van der Waals surface area contributed by atoms with Crippen molar-refractivity contribution < 1.29 is 4.79 Å². The summed E-state index contributed by atoms with van der Waals surface area (Å²) in [4.78, 5) is 16.8. The summed E-state index contributed by atoms with van der Waals surface area (Å²) < 4.78 is 1.01. The van der Waals surface area contributed by atoms with Gasteiger partial charge in [-0.1, -0.05) is 41.9 Å². The molecule has 1 amide bonds. The zero-order valence-corrected chi connectivity index (χ0v) is 14.0. The Hall–Kier alpha value is -1.68. The van der Waals surface area contributed by atoms with E-state index < -0.39 is 5.41 Å². The molecule has 1 unspecified atom stereocenters. The molecule has 1 heterocycles. The lowest BCUT2D eigenvalue weighted by molar-refractivity contribution is -0.122. The number of aromatic nitrogens is 1. The van der Waals surface area contributed by atoms with Crippen LogP contribution in [-0.4, -0.2) is 10.9 Å². The molecule has 2 rings (SSSR count). The van der Waals surface area contributed by atoms with Gasteiger partial charge in [-0.2, -0.15) is 0 Å². The van der Waals surface area contributed by atoms with Crippen LogP contribution < -0.4 is 5.32 Å². The van der Waals surface area contributed by atoms with Crippen molar-refractivity contribution in [2.75, 3.05) is 5.32 Å². The standard InChI is InChI=1S/C17H19BrN2O/c1-12(2)17(3,13-4-6-14(18)7-5-13)16(21)20-15-8-10-19-11-9-15/h4-12H,1-3H3,(H,19,20,21). The van der Waals surface area contributed by atoms with E-state index in [-0.39, 0.29) is 11.8 Å². The topological polar surface area (TPSA) is 42.0 Å². The van der Waals surface area contributed by atoms with Gasteiger partial charge in [-0.3, -0.25) is 9.78 Å². The second-order valence-electron chi connectivity index (χ2n) is 5.55. The molecule has 1 N–H and O–H groups in total. The van der Waals surface area contributed by atoms with Crippen molar-refractivity contribution in [3.8, 4) is 0 Å². The molecular formula is C17H19BrN2O. The van der Waals surface area contributed by atoms with E-state index in [1.54, 1.807) is 24.5 Å². The highest BCUT2D eigenvalue weighted by Crippen LogP contribution is 2.34. The minimum absolute atomic E-state index is 0.00831. The fourth-order valence-corrected chi connectivity index (χ4v) is 2.48. The number of hydrogen-bond donors (Lipinski definition) is 1. The number of amides is 1. The maximum absolute atomic E-state index is 12.8. The van der Waals surface area contributed by atoms with Crippen LogP contribution in [0.1, 0.15) is 26.3 Å². The molecule has 4 heteroatoms. The number of rotatable bonds is 4. The fraction of sp³-hybridized carbons (Fsp3) is 0.294. The summed E-state index contributed by atoms with van der Waals surface area (Å²) in [6, 6.07) is 11.5. The van der Waals surface area contributed by atoms with Gasteiger partial charge in [0.05, 0.1) is 5.41 Å². The van der Waals surface area contributed by atoms with Gasteiger partial charge in [-0.25, -0.2) is 0 Å². The number of anilines is 1. The van der Waals surface area contributed by atoms with E-state index in [4.69, 9.17) is 0 Å². The van der Waals surface area contributed by atoms with Crippen LogP contribution in [0.15, 0.2) is 53.3 Å². The van der Waals surface area contributed by atoms with Crippen LogP contribution in [0.5, 0.6) is 0 Å². The van der Waals surface area contributed by atoms with E-state index in [0.717, 1.165) is 15.7 Å². The van der Waals surface area contributed by atoms with Crippen molar-refractivity contribution in [2.45, 2.75) is 26.2 Å². The number of carbonyl (C=O) groups excluding carboxylic acids is 1. The van der Waals surface area contributed by atoms with E-state index >= 15 is 0 Å². The average Bonchev–Trinajstić information content (AvgIpc) is 2.48. The normalized spacial score (nSPS) is 13.8. The monoisotopic (exact) mass is 346 g/mol. The number of pyridine rings is 1. The summed E-state index contributed by atoms with van der Waals surface area (Å²) in [6.07, 6.45) is 3.34. The zero-order chi connectivity index (χ0) is 15.5. The minimum atomic E-state index is -0.593. The van der Waals surface area contributed by atoms with E-state index in [1.165, 1.54) is 0 Å². The summed E-state index contributed by atoms with van der Waals surface area (Å²) in [5.41, 5.74) is 1.18. The number of nitrogens with one attached hydrogen (secondary N) is 1. The van der Waals surface area contributed by atoms with Gasteiger partial charge in [0.1, 0.15) is 0 Å². The lowest BCUT2D eigenvalue weighted by Gasteiger charge is -2.33. The quantitative estimate of drug-likeness (QED) is 0.891. The third kappa shape index (κ3) is 3.32. The Labute approximate surface area is 133 Å². The van der Waals surface area contributed by atoms with Crippen LogP contribution in [0, 0.1) is 5.92 Å². The van der Waals surface area contributed by atoms with Crippen molar-refractivity contribution >= 4 is 27.5 Å². The smallest absolute Gasteiger partial charge is 0.235 e. The molecule has 0 saturated carbocycles. The summed E-state index contributed by atoms with van der Waals surface area (Å²) >= 11 is 3.43. The van der Waals surface area contributed by atoms with Crippen molar-refractivity contribution in [3.05, 3.63) is 58.8 Å². The molecule has 1 atom stereocenters. The summed E-state index contributed by atoms with van der Waals surface area (Å²) in [5.74, 6) is 0.159. The molecule has 0 fully saturated rings. The van der Waals surface area contributed by atoms with E-state index in [2.05, 4.69) is 40.1 Å². The molecule has 0 bridgehead atoms. The molecule has 0 saturated heterocycles. The SMILES string of the molecule is CC(C)C(C)(C(=O)Nc1ccncc1)c1ccc(Br)cc1. The van der Waals surface area contributed by atoms with Gasteiger partial charge >= 0.3 is 0 Å². The lowest BCUT2D eigenvalue weighted by Crippen LogP contribution is -2.42. The average molecular weight is 347 g/mol. The van der Waals surface area contributed by atoms with Gasteiger partial charge in [0.2, 0.25) is 5.91 Å². The van der Waals surface area contributed by atoms with Gasteiger partial charge < -0.3 is 5.32 Å². The molecule has 0 spiro atoms. The first kappa shape index (κ1) is 15.7. The molecule has 21 heavy (non-hydrogen) atoms. The minimum Gasteiger partial charge on any atom is -0.325 e. The molecule has 0 aliphatic heterocycles. The fourth-order valence-electron chi connectivity index (χ4n) is 2.22.